The second-order valence-electron chi connectivity index (χ2n) is 6.45. The Morgan fingerprint density at radius 3 is 2.70 bits per heavy atom. The second-order valence-corrected chi connectivity index (χ2v) is 6.45. The molecule has 0 aromatic heterocycles. The Kier molecular flexibility index (Phi) is 4.20. The zero-order valence-corrected chi connectivity index (χ0v) is 13.8. The third kappa shape index (κ3) is 3.14. The Labute approximate surface area is 137 Å². The number of methoxy groups -OCH3 is 1. The van der Waals surface area contributed by atoms with Crippen LogP contribution in [0.15, 0.2) is 35.6 Å². The van der Waals surface area contributed by atoms with Gasteiger partial charge in [-0.05, 0) is 50.8 Å². The fourth-order valence-electron chi connectivity index (χ4n) is 3.00. The van der Waals surface area contributed by atoms with E-state index < -0.39 is 5.60 Å². The average Bonchev–Trinajstić information content (AvgIpc) is 3.18. The summed E-state index contributed by atoms with van der Waals surface area (Å²) >= 11 is 0. The minimum absolute atomic E-state index is 0.273. The third-order valence-electron chi connectivity index (χ3n) is 4.63. The van der Waals surface area contributed by atoms with Gasteiger partial charge in [0.15, 0.2) is 17.1 Å². The summed E-state index contributed by atoms with van der Waals surface area (Å²) in [5, 5.41) is 4.19. The van der Waals surface area contributed by atoms with E-state index in [1.165, 1.54) is 12.8 Å². The highest BCUT2D eigenvalue weighted by molar-refractivity contribution is 6.02. The molecule has 1 fully saturated rings. The first-order valence-corrected chi connectivity index (χ1v) is 8.07. The van der Waals surface area contributed by atoms with Crippen LogP contribution in [-0.4, -0.2) is 24.5 Å². The lowest BCUT2D eigenvalue weighted by Crippen LogP contribution is -2.31. The van der Waals surface area contributed by atoms with E-state index in [0.717, 1.165) is 35.6 Å². The van der Waals surface area contributed by atoms with Gasteiger partial charge in [0.25, 0.3) is 0 Å². The van der Waals surface area contributed by atoms with Crippen LogP contribution < -0.4 is 15.2 Å². The van der Waals surface area contributed by atoms with Crippen LogP contribution >= 0.6 is 0 Å². The molecular weight excluding hydrogens is 292 g/mol. The molecule has 1 aromatic carbocycles. The quantitative estimate of drug-likeness (QED) is 0.904. The monoisotopic (exact) mass is 316 g/mol. The van der Waals surface area contributed by atoms with Crippen molar-refractivity contribution < 1.29 is 14.3 Å². The Morgan fingerprint density at radius 1 is 1.35 bits per heavy atom. The molecule has 5 nitrogen and oxygen atoms in total. The van der Waals surface area contributed by atoms with E-state index in [0.29, 0.717) is 12.1 Å². The largest absolute Gasteiger partial charge is 0.493 e. The lowest BCUT2D eigenvalue weighted by molar-refractivity contribution is 0.0259. The SMILES string of the molecule is C=C(N)C1(C)CC(c2ccc(OC)c(OC3CCCC3)c2)=NO1. The van der Waals surface area contributed by atoms with E-state index in [-0.39, 0.29) is 6.10 Å². The summed E-state index contributed by atoms with van der Waals surface area (Å²) in [7, 11) is 1.65. The molecule has 0 spiro atoms. The van der Waals surface area contributed by atoms with E-state index >= 15 is 0 Å². The van der Waals surface area contributed by atoms with Gasteiger partial charge in [-0.15, -0.1) is 0 Å². The third-order valence-corrected chi connectivity index (χ3v) is 4.63. The topological polar surface area (TPSA) is 66.1 Å². The van der Waals surface area contributed by atoms with Crippen LogP contribution in [0.3, 0.4) is 0 Å². The minimum Gasteiger partial charge on any atom is -0.493 e. The molecule has 124 valence electrons. The molecule has 3 rings (SSSR count). The highest BCUT2D eigenvalue weighted by Gasteiger charge is 2.36. The number of benzene rings is 1. The normalized spacial score (nSPS) is 24.2. The molecule has 5 heteroatoms. The summed E-state index contributed by atoms with van der Waals surface area (Å²) in [5.41, 5.74) is 7.47. The van der Waals surface area contributed by atoms with Crippen LogP contribution in [0.2, 0.25) is 0 Å². The summed E-state index contributed by atoms with van der Waals surface area (Å²) in [6.07, 6.45) is 5.52. The van der Waals surface area contributed by atoms with E-state index in [9.17, 15) is 0 Å². The summed E-state index contributed by atoms with van der Waals surface area (Å²) in [4.78, 5) is 5.49. The van der Waals surface area contributed by atoms with E-state index in [2.05, 4.69) is 11.7 Å². The maximum absolute atomic E-state index is 6.13. The first-order chi connectivity index (χ1) is 11.0. The molecule has 1 atom stereocenters. The van der Waals surface area contributed by atoms with E-state index in [1.54, 1.807) is 7.11 Å². The molecule has 1 unspecified atom stereocenters. The smallest absolute Gasteiger partial charge is 0.178 e. The predicted molar refractivity (Wildman–Crippen MR) is 89.8 cm³/mol. The lowest BCUT2D eigenvalue weighted by atomic mass is 9.93. The molecule has 2 aliphatic rings. The van der Waals surface area contributed by atoms with Gasteiger partial charge in [0.2, 0.25) is 0 Å². The first-order valence-electron chi connectivity index (χ1n) is 8.07. The molecule has 1 aliphatic carbocycles. The number of nitrogens with zero attached hydrogens (tertiary/aromatic N) is 1. The zero-order chi connectivity index (χ0) is 16.4. The zero-order valence-electron chi connectivity index (χ0n) is 13.8. The fourth-order valence-corrected chi connectivity index (χ4v) is 3.00. The van der Waals surface area contributed by atoms with Crippen molar-refractivity contribution in [2.45, 2.75) is 50.7 Å². The van der Waals surface area contributed by atoms with Crippen LogP contribution in [0.5, 0.6) is 11.5 Å². The van der Waals surface area contributed by atoms with Gasteiger partial charge >= 0.3 is 0 Å². The van der Waals surface area contributed by atoms with Crippen molar-refractivity contribution in [1.82, 2.24) is 0 Å². The molecule has 1 heterocycles. The molecule has 2 N–H and O–H groups in total. The Hall–Kier alpha value is -2.17. The van der Waals surface area contributed by atoms with Gasteiger partial charge < -0.3 is 20.0 Å². The number of hydrogen-bond donors (Lipinski definition) is 1. The van der Waals surface area contributed by atoms with Crippen molar-refractivity contribution in [3.05, 3.63) is 36.0 Å². The van der Waals surface area contributed by atoms with Crippen molar-refractivity contribution in [2.24, 2.45) is 10.9 Å². The van der Waals surface area contributed by atoms with Gasteiger partial charge in [0.1, 0.15) is 0 Å². The molecule has 0 bridgehead atoms. The highest BCUT2D eigenvalue weighted by atomic mass is 16.7. The van der Waals surface area contributed by atoms with Crippen molar-refractivity contribution in [3.8, 4) is 11.5 Å². The van der Waals surface area contributed by atoms with Gasteiger partial charge in [-0.25, -0.2) is 0 Å². The second kappa shape index (κ2) is 6.14. The first kappa shape index (κ1) is 15.7. The van der Waals surface area contributed by atoms with Gasteiger partial charge in [0, 0.05) is 17.7 Å². The summed E-state index contributed by atoms with van der Waals surface area (Å²) in [6, 6.07) is 5.85. The predicted octanol–water partition coefficient (Wildman–Crippen LogP) is 3.37. The summed E-state index contributed by atoms with van der Waals surface area (Å²) in [6.45, 7) is 5.68. The standard InChI is InChI=1S/C18H24N2O3/c1-12(19)18(2)11-15(20-23-18)13-8-9-16(21-3)17(10-13)22-14-6-4-5-7-14/h8-10,14H,1,4-7,11,19H2,2-3H3. The minimum atomic E-state index is -0.637. The molecule has 0 amide bonds. The van der Waals surface area contributed by atoms with Gasteiger partial charge in [-0.3, -0.25) is 0 Å². The molecule has 1 aromatic rings. The van der Waals surface area contributed by atoms with Crippen molar-refractivity contribution >= 4 is 5.71 Å². The molecule has 1 saturated carbocycles. The fraction of sp³-hybridized carbons (Fsp3) is 0.500. The molecule has 23 heavy (non-hydrogen) atoms. The van der Waals surface area contributed by atoms with E-state index in [4.69, 9.17) is 20.0 Å². The van der Waals surface area contributed by atoms with Gasteiger partial charge in [-0.2, -0.15) is 0 Å². The number of rotatable bonds is 5. The number of oxime groups is 1. The summed E-state index contributed by atoms with van der Waals surface area (Å²) in [5.74, 6) is 1.51. The maximum Gasteiger partial charge on any atom is 0.178 e. The average molecular weight is 316 g/mol. The van der Waals surface area contributed by atoms with Crippen molar-refractivity contribution in [2.75, 3.05) is 7.11 Å². The van der Waals surface area contributed by atoms with Crippen LogP contribution in [0.25, 0.3) is 0 Å². The number of nitrogens with two attached hydrogens (primary N) is 1. The Bertz CT molecular complexity index is 635. The van der Waals surface area contributed by atoms with E-state index in [1.807, 2.05) is 25.1 Å². The Morgan fingerprint density at radius 2 is 2.09 bits per heavy atom. The molecule has 1 aliphatic heterocycles. The Balaban J connectivity index is 1.82. The molecular formula is C18H24N2O3. The molecule has 0 radical (unpaired) electrons. The molecule has 0 saturated heterocycles. The summed E-state index contributed by atoms with van der Waals surface area (Å²) < 4.78 is 11.6. The van der Waals surface area contributed by atoms with Gasteiger partial charge in [-0.1, -0.05) is 11.7 Å². The van der Waals surface area contributed by atoms with Crippen molar-refractivity contribution in [1.29, 1.82) is 0 Å². The van der Waals surface area contributed by atoms with Crippen LogP contribution in [0.1, 0.15) is 44.6 Å². The van der Waals surface area contributed by atoms with Crippen molar-refractivity contribution in [3.63, 3.8) is 0 Å². The number of ether oxygens (including phenoxy) is 2. The number of hydrogen-bond acceptors (Lipinski definition) is 5. The maximum atomic E-state index is 6.13. The van der Waals surface area contributed by atoms with Crippen LogP contribution in [0, 0.1) is 0 Å². The van der Waals surface area contributed by atoms with Crippen LogP contribution in [0.4, 0.5) is 0 Å². The van der Waals surface area contributed by atoms with Gasteiger partial charge in [0.05, 0.1) is 18.9 Å². The lowest BCUT2D eigenvalue weighted by Gasteiger charge is -2.20. The highest BCUT2D eigenvalue weighted by Crippen LogP contribution is 2.35. The van der Waals surface area contributed by atoms with Crippen LogP contribution in [-0.2, 0) is 4.84 Å².